The molecule has 0 radical (unpaired) electrons. The number of rotatable bonds is 5. The third kappa shape index (κ3) is 3.59. The lowest BCUT2D eigenvalue weighted by Gasteiger charge is -2.70. The Kier molecular flexibility index (Phi) is 4.96. The molecule has 11 heteroatoms. The van der Waals surface area contributed by atoms with Crippen LogP contribution in [0.25, 0.3) is 22.3 Å². The first-order chi connectivity index (χ1) is 19.1. The third-order valence-electron chi connectivity index (χ3n) is 9.58. The van der Waals surface area contributed by atoms with E-state index >= 15 is 0 Å². The molecule has 5 aliphatic rings. The Morgan fingerprint density at radius 2 is 1.88 bits per heavy atom. The molecule has 0 N–H and O–H groups in total. The van der Waals surface area contributed by atoms with E-state index in [1.807, 2.05) is 43.2 Å². The summed E-state index contributed by atoms with van der Waals surface area (Å²) in [6.07, 6.45) is 5.56. The van der Waals surface area contributed by atoms with Gasteiger partial charge in [0.25, 0.3) is 0 Å². The summed E-state index contributed by atoms with van der Waals surface area (Å²) in [6.45, 7) is 2.49. The average Bonchev–Trinajstić information content (AvgIpc) is 3.43. The van der Waals surface area contributed by atoms with Crippen molar-refractivity contribution < 1.29 is 17.9 Å². The smallest absolute Gasteiger partial charge is 0.373 e. The van der Waals surface area contributed by atoms with Gasteiger partial charge in [-0.2, -0.15) is 23.4 Å². The maximum atomic E-state index is 13.8. The minimum Gasteiger partial charge on any atom is -0.373 e. The van der Waals surface area contributed by atoms with Crippen molar-refractivity contribution in [1.82, 2.24) is 34.5 Å². The molecule has 4 aromatic heterocycles. The average molecular weight is 550 g/mol. The first-order valence-corrected chi connectivity index (χ1v) is 14.1. The van der Waals surface area contributed by atoms with Gasteiger partial charge in [-0.05, 0) is 64.0 Å². The van der Waals surface area contributed by atoms with Crippen LogP contribution in [-0.2, 0) is 17.2 Å². The van der Waals surface area contributed by atoms with E-state index in [2.05, 4.69) is 16.4 Å². The van der Waals surface area contributed by atoms with Crippen LogP contribution in [0.15, 0.2) is 30.7 Å². The predicted molar refractivity (Wildman–Crippen MR) is 139 cm³/mol. The van der Waals surface area contributed by atoms with Crippen LogP contribution in [0.5, 0.6) is 0 Å². The summed E-state index contributed by atoms with van der Waals surface area (Å²) in [5.74, 6) is 0.682. The van der Waals surface area contributed by atoms with E-state index < -0.39 is 17.0 Å². The van der Waals surface area contributed by atoms with Gasteiger partial charge in [0.15, 0.2) is 5.65 Å². The lowest BCUT2D eigenvalue weighted by Crippen LogP contribution is -2.70. The Morgan fingerprint density at radius 3 is 2.58 bits per heavy atom. The molecular formula is C29H30F3N7O. The molecular weight excluding hydrogens is 519 g/mol. The molecule has 1 saturated heterocycles. The molecule has 2 bridgehead atoms. The van der Waals surface area contributed by atoms with Crippen LogP contribution in [0.2, 0.25) is 0 Å². The number of aromatic nitrogens is 7. The fourth-order valence-electron chi connectivity index (χ4n) is 7.23. The number of halogens is 3. The second kappa shape index (κ2) is 8.11. The van der Waals surface area contributed by atoms with Crippen LogP contribution in [0.3, 0.4) is 0 Å². The number of hydrogen-bond donors (Lipinski definition) is 0. The Labute approximate surface area is 229 Å². The van der Waals surface area contributed by atoms with E-state index in [0.29, 0.717) is 36.2 Å². The summed E-state index contributed by atoms with van der Waals surface area (Å²) < 4.78 is 51.3. The van der Waals surface area contributed by atoms with Crippen molar-refractivity contribution in [3.63, 3.8) is 0 Å². The first kappa shape index (κ1) is 24.5. The van der Waals surface area contributed by atoms with Crippen LogP contribution in [0, 0.1) is 12.3 Å². The largest absolute Gasteiger partial charge is 0.394 e. The number of hydrogen-bond acceptors (Lipinski definition) is 6. The minimum atomic E-state index is -4.19. The van der Waals surface area contributed by atoms with E-state index in [9.17, 15) is 13.2 Å². The van der Waals surface area contributed by atoms with Crippen molar-refractivity contribution in [2.75, 3.05) is 6.61 Å². The molecule has 9 rings (SSSR count). The SMILES string of the molecule is Cc1nc2nc(C3CCOC(c4cnn(C5CC5)c4)C3)nc(C34CC(C(F)(F)F)(C3)C4)c2cc1-c1ccn(C)n1. The molecule has 4 saturated carbocycles. The summed E-state index contributed by atoms with van der Waals surface area (Å²) >= 11 is 0. The highest BCUT2D eigenvalue weighted by Crippen LogP contribution is 2.78. The van der Waals surface area contributed by atoms with Crippen LogP contribution in [-0.4, -0.2) is 47.3 Å². The van der Waals surface area contributed by atoms with Gasteiger partial charge in [0.2, 0.25) is 0 Å². The zero-order chi connectivity index (χ0) is 27.4. The molecule has 4 aliphatic carbocycles. The van der Waals surface area contributed by atoms with Gasteiger partial charge in [-0.3, -0.25) is 9.36 Å². The Balaban J connectivity index is 1.19. The standard InChI is InChI=1S/C29H30F3N7O/c1-16-20(22-5-7-38(2)37-22)10-21-24(27-13-28(14-27,15-27)29(30,31)32)35-25(36-26(21)34-16)17-6-8-40-23(9-17)18-11-33-39(12-18)19-3-4-19/h5,7,10-12,17,19,23H,3-4,6,8-9,13-15H2,1-2H3. The molecule has 208 valence electrons. The quantitative estimate of drug-likeness (QED) is 0.309. The number of pyridine rings is 1. The molecule has 0 spiro atoms. The Bertz CT molecular complexity index is 1630. The van der Waals surface area contributed by atoms with Crippen molar-refractivity contribution >= 4 is 11.0 Å². The monoisotopic (exact) mass is 549 g/mol. The molecule has 5 fully saturated rings. The van der Waals surface area contributed by atoms with Gasteiger partial charge in [0.1, 0.15) is 5.82 Å². The fourth-order valence-corrected chi connectivity index (χ4v) is 7.23. The second-order valence-corrected chi connectivity index (χ2v) is 12.5. The molecule has 8 nitrogen and oxygen atoms in total. The molecule has 0 amide bonds. The molecule has 0 aromatic carbocycles. The third-order valence-corrected chi connectivity index (χ3v) is 9.58. The van der Waals surface area contributed by atoms with Gasteiger partial charge in [-0.25, -0.2) is 15.0 Å². The first-order valence-electron chi connectivity index (χ1n) is 14.1. The van der Waals surface area contributed by atoms with Crippen LogP contribution < -0.4 is 0 Å². The Hall–Kier alpha value is -3.34. The van der Waals surface area contributed by atoms with Crippen molar-refractivity contribution in [2.24, 2.45) is 12.5 Å². The van der Waals surface area contributed by atoms with Crippen LogP contribution in [0.4, 0.5) is 13.2 Å². The van der Waals surface area contributed by atoms with Gasteiger partial charge in [-0.15, -0.1) is 0 Å². The highest BCUT2D eigenvalue weighted by Gasteiger charge is 2.79. The van der Waals surface area contributed by atoms with E-state index in [1.54, 1.807) is 4.68 Å². The van der Waals surface area contributed by atoms with Gasteiger partial charge < -0.3 is 4.74 Å². The van der Waals surface area contributed by atoms with Crippen molar-refractivity contribution in [2.45, 2.75) is 81.5 Å². The Morgan fingerprint density at radius 1 is 1.07 bits per heavy atom. The molecule has 2 atom stereocenters. The summed E-state index contributed by atoms with van der Waals surface area (Å²) in [7, 11) is 1.85. The molecule has 2 unspecified atom stereocenters. The number of alkyl halides is 3. The maximum absolute atomic E-state index is 13.8. The maximum Gasteiger partial charge on any atom is 0.394 e. The topological polar surface area (TPSA) is 83.5 Å². The second-order valence-electron chi connectivity index (χ2n) is 12.5. The van der Waals surface area contributed by atoms with E-state index in [1.165, 1.54) is 0 Å². The lowest BCUT2D eigenvalue weighted by atomic mass is 9.33. The van der Waals surface area contributed by atoms with Crippen LogP contribution >= 0.6 is 0 Å². The highest BCUT2D eigenvalue weighted by atomic mass is 19.4. The number of aryl methyl sites for hydroxylation is 2. The van der Waals surface area contributed by atoms with Crippen molar-refractivity contribution in [1.29, 1.82) is 0 Å². The zero-order valence-corrected chi connectivity index (χ0v) is 22.4. The summed E-state index contributed by atoms with van der Waals surface area (Å²) in [4.78, 5) is 14.9. The predicted octanol–water partition coefficient (Wildman–Crippen LogP) is 5.88. The molecule has 1 aliphatic heterocycles. The van der Waals surface area contributed by atoms with Gasteiger partial charge in [-0.1, -0.05) is 0 Å². The van der Waals surface area contributed by atoms with E-state index in [-0.39, 0.29) is 31.3 Å². The molecule has 40 heavy (non-hydrogen) atoms. The molecule has 4 aromatic rings. The summed E-state index contributed by atoms with van der Waals surface area (Å²) in [6, 6.07) is 4.40. The van der Waals surface area contributed by atoms with Gasteiger partial charge >= 0.3 is 6.18 Å². The minimum absolute atomic E-state index is 0.0210. The summed E-state index contributed by atoms with van der Waals surface area (Å²) in [5, 5.41) is 9.80. The highest BCUT2D eigenvalue weighted by molar-refractivity contribution is 5.85. The zero-order valence-electron chi connectivity index (χ0n) is 22.4. The number of fused-ring (bicyclic) bond motifs is 1. The summed E-state index contributed by atoms with van der Waals surface area (Å²) in [5.41, 5.74) is 2.56. The normalized spacial score (nSPS) is 29.8. The number of nitrogens with zero attached hydrogens (tertiary/aromatic N) is 7. The van der Waals surface area contributed by atoms with E-state index in [0.717, 1.165) is 47.2 Å². The van der Waals surface area contributed by atoms with E-state index in [4.69, 9.17) is 19.7 Å². The van der Waals surface area contributed by atoms with Crippen molar-refractivity contribution in [3.8, 4) is 11.3 Å². The van der Waals surface area contributed by atoms with Crippen LogP contribution in [0.1, 0.15) is 85.8 Å². The number of ether oxygens (including phenoxy) is 1. The van der Waals surface area contributed by atoms with Gasteiger partial charge in [0.05, 0.1) is 35.1 Å². The fraction of sp³-hybridized carbons (Fsp3) is 0.552. The molecule has 5 heterocycles. The van der Waals surface area contributed by atoms with Crippen molar-refractivity contribution in [3.05, 3.63) is 53.5 Å². The lowest BCUT2D eigenvalue weighted by molar-refractivity contribution is -0.337. The van der Waals surface area contributed by atoms with Gasteiger partial charge in [0, 0.05) is 59.6 Å².